The van der Waals surface area contributed by atoms with Crippen LogP contribution >= 0.6 is 0 Å². The Balaban J connectivity index is 1.86. The molecule has 1 saturated carbocycles. The van der Waals surface area contributed by atoms with Crippen LogP contribution in [0.4, 0.5) is 0 Å². The van der Waals surface area contributed by atoms with E-state index in [1.54, 1.807) is 0 Å². The Morgan fingerprint density at radius 1 is 1.20 bits per heavy atom. The number of nitrogens with zero attached hydrogens (tertiary/aromatic N) is 1. The van der Waals surface area contributed by atoms with Gasteiger partial charge in [-0.05, 0) is 32.2 Å². The zero-order valence-electron chi connectivity index (χ0n) is 12.8. The van der Waals surface area contributed by atoms with Crippen molar-refractivity contribution in [1.29, 1.82) is 0 Å². The number of nitrogens with one attached hydrogen (secondary N) is 1. The van der Waals surface area contributed by atoms with Gasteiger partial charge >= 0.3 is 5.97 Å². The molecule has 0 amide bonds. The summed E-state index contributed by atoms with van der Waals surface area (Å²) in [6, 6.07) is 0.985. The molecule has 4 nitrogen and oxygen atoms in total. The number of carboxylic acids is 1. The van der Waals surface area contributed by atoms with Crippen molar-refractivity contribution in [3.63, 3.8) is 0 Å². The Hall–Kier alpha value is -0.610. The molecule has 0 bridgehead atoms. The van der Waals surface area contributed by atoms with Crippen molar-refractivity contribution in [2.24, 2.45) is 5.92 Å². The van der Waals surface area contributed by atoms with Crippen molar-refractivity contribution in [2.75, 3.05) is 19.6 Å². The van der Waals surface area contributed by atoms with Gasteiger partial charge in [0.25, 0.3) is 0 Å². The van der Waals surface area contributed by atoms with Crippen LogP contribution in [-0.2, 0) is 4.79 Å². The van der Waals surface area contributed by atoms with Gasteiger partial charge in [-0.1, -0.05) is 32.6 Å². The molecule has 0 aromatic rings. The van der Waals surface area contributed by atoms with Crippen LogP contribution in [0.2, 0.25) is 0 Å². The van der Waals surface area contributed by atoms with E-state index in [1.807, 2.05) is 0 Å². The summed E-state index contributed by atoms with van der Waals surface area (Å²) < 4.78 is 0. The summed E-state index contributed by atoms with van der Waals surface area (Å²) in [6.45, 7) is 5.00. The molecule has 2 aliphatic rings. The maximum Gasteiger partial charge on any atom is 0.307 e. The van der Waals surface area contributed by atoms with E-state index < -0.39 is 5.97 Å². The van der Waals surface area contributed by atoms with Gasteiger partial charge in [-0.3, -0.25) is 4.79 Å². The summed E-state index contributed by atoms with van der Waals surface area (Å²) in [4.78, 5) is 13.7. The van der Waals surface area contributed by atoms with Crippen molar-refractivity contribution in [3.05, 3.63) is 0 Å². The first-order chi connectivity index (χ1) is 9.69. The average Bonchev–Trinajstić information content (AvgIpc) is 2.46. The summed E-state index contributed by atoms with van der Waals surface area (Å²) in [5, 5.41) is 13.1. The standard InChI is InChI=1S/C16H30N2O2/c1-2-3-9-18-11-13(16(19)20)10-15(12-18)17-14-7-5-4-6-8-14/h13-15,17H,2-12H2,1H3,(H,19,20). The summed E-state index contributed by atoms with van der Waals surface area (Å²) in [5.74, 6) is -0.816. The van der Waals surface area contributed by atoms with Crippen molar-refractivity contribution in [3.8, 4) is 0 Å². The first-order valence-electron chi connectivity index (χ1n) is 8.40. The van der Waals surface area contributed by atoms with E-state index in [-0.39, 0.29) is 5.92 Å². The third-order valence-corrected chi connectivity index (χ3v) is 4.78. The summed E-state index contributed by atoms with van der Waals surface area (Å²) in [7, 11) is 0. The van der Waals surface area contributed by atoms with Crippen molar-refractivity contribution >= 4 is 5.97 Å². The Bertz CT molecular complexity index is 303. The van der Waals surface area contributed by atoms with Gasteiger partial charge in [0.15, 0.2) is 0 Å². The fourth-order valence-electron chi connectivity index (χ4n) is 3.66. The molecule has 2 atom stereocenters. The number of hydrogen-bond acceptors (Lipinski definition) is 3. The second-order valence-corrected chi connectivity index (χ2v) is 6.58. The molecule has 0 spiro atoms. The van der Waals surface area contributed by atoms with Gasteiger partial charge < -0.3 is 15.3 Å². The molecule has 2 unspecified atom stereocenters. The topological polar surface area (TPSA) is 52.6 Å². The molecule has 2 rings (SSSR count). The lowest BCUT2D eigenvalue weighted by Gasteiger charge is -2.39. The van der Waals surface area contributed by atoms with E-state index in [2.05, 4.69) is 17.1 Å². The fraction of sp³-hybridized carbons (Fsp3) is 0.938. The van der Waals surface area contributed by atoms with E-state index in [0.717, 1.165) is 26.1 Å². The van der Waals surface area contributed by atoms with E-state index in [4.69, 9.17) is 0 Å². The molecule has 1 saturated heterocycles. The van der Waals surface area contributed by atoms with Gasteiger partial charge in [-0.25, -0.2) is 0 Å². The largest absolute Gasteiger partial charge is 0.481 e. The lowest BCUT2D eigenvalue weighted by Crippen LogP contribution is -2.53. The van der Waals surface area contributed by atoms with Crippen LogP contribution in [0.5, 0.6) is 0 Å². The minimum absolute atomic E-state index is 0.193. The first kappa shape index (κ1) is 15.8. The maximum atomic E-state index is 11.4. The first-order valence-corrected chi connectivity index (χ1v) is 8.40. The second-order valence-electron chi connectivity index (χ2n) is 6.58. The number of carboxylic acid groups (broad SMARTS) is 1. The molecule has 2 N–H and O–H groups in total. The second kappa shape index (κ2) is 7.99. The predicted molar refractivity (Wildman–Crippen MR) is 80.9 cm³/mol. The highest BCUT2D eigenvalue weighted by Gasteiger charge is 2.32. The lowest BCUT2D eigenvalue weighted by atomic mass is 9.90. The molecule has 1 aliphatic heterocycles. The van der Waals surface area contributed by atoms with Crippen LogP contribution in [0, 0.1) is 5.92 Å². The monoisotopic (exact) mass is 282 g/mol. The molecule has 2 fully saturated rings. The van der Waals surface area contributed by atoms with E-state index in [0.29, 0.717) is 12.1 Å². The number of rotatable bonds is 6. The Morgan fingerprint density at radius 2 is 1.95 bits per heavy atom. The zero-order chi connectivity index (χ0) is 14.4. The minimum Gasteiger partial charge on any atom is -0.481 e. The predicted octanol–water partition coefficient (Wildman–Crippen LogP) is 2.48. The molecule has 1 aliphatic carbocycles. The Kier molecular flexibility index (Phi) is 6.30. The minimum atomic E-state index is -0.623. The summed E-state index contributed by atoms with van der Waals surface area (Å²) in [5.41, 5.74) is 0. The lowest BCUT2D eigenvalue weighted by molar-refractivity contribution is -0.144. The van der Waals surface area contributed by atoms with Gasteiger partial charge in [0.05, 0.1) is 5.92 Å². The Labute approximate surface area is 122 Å². The SMILES string of the molecule is CCCCN1CC(NC2CCCCC2)CC(C(=O)O)C1. The van der Waals surface area contributed by atoms with Crippen molar-refractivity contribution in [2.45, 2.75) is 70.4 Å². The zero-order valence-corrected chi connectivity index (χ0v) is 12.8. The van der Waals surface area contributed by atoms with Gasteiger partial charge in [-0.2, -0.15) is 0 Å². The van der Waals surface area contributed by atoms with Crippen LogP contribution in [0.25, 0.3) is 0 Å². The van der Waals surface area contributed by atoms with Crippen molar-refractivity contribution in [1.82, 2.24) is 10.2 Å². The van der Waals surface area contributed by atoms with E-state index in [9.17, 15) is 9.90 Å². The third-order valence-electron chi connectivity index (χ3n) is 4.78. The number of hydrogen-bond donors (Lipinski definition) is 2. The van der Waals surface area contributed by atoms with Crippen molar-refractivity contribution < 1.29 is 9.90 Å². The highest BCUT2D eigenvalue weighted by molar-refractivity contribution is 5.70. The molecule has 0 aromatic carbocycles. The van der Waals surface area contributed by atoms with Gasteiger partial charge in [0.1, 0.15) is 0 Å². The molecule has 116 valence electrons. The highest BCUT2D eigenvalue weighted by Crippen LogP contribution is 2.22. The van der Waals surface area contributed by atoms with Crippen LogP contribution < -0.4 is 5.32 Å². The number of unbranched alkanes of at least 4 members (excludes halogenated alkanes) is 1. The van der Waals surface area contributed by atoms with Crippen LogP contribution in [-0.4, -0.2) is 47.7 Å². The Morgan fingerprint density at radius 3 is 2.60 bits per heavy atom. The highest BCUT2D eigenvalue weighted by atomic mass is 16.4. The molecule has 1 heterocycles. The molecular weight excluding hydrogens is 252 g/mol. The van der Waals surface area contributed by atoms with Crippen LogP contribution in [0.3, 0.4) is 0 Å². The average molecular weight is 282 g/mol. The quantitative estimate of drug-likeness (QED) is 0.786. The molecule has 0 radical (unpaired) electrons. The number of aliphatic carboxylic acids is 1. The normalized spacial score (nSPS) is 29.4. The van der Waals surface area contributed by atoms with Crippen LogP contribution in [0.1, 0.15) is 58.3 Å². The number of likely N-dealkylation sites (tertiary alicyclic amines) is 1. The summed E-state index contributed by atoms with van der Waals surface area (Å²) >= 11 is 0. The summed E-state index contributed by atoms with van der Waals surface area (Å²) in [6.07, 6.45) is 9.69. The fourth-order valence-corrected chi connectivity index (χ4v) is 3.66. The molecule has 4 heteroatoms. The smallest absolute Gasteiger partial charge is 0.307 e. The van der Waals surface area contributed by atoms with Gasteiger partial charge in [-0.15, -0.1) is 0 Å². The van der Waals surface area contributed by atoms with E-state index in [1.165, 1.54) is 44.9 Å². The number of piperidine rings is 1. The number of carbonyl (C=O) groups is 1. The molecular formula is C16H30N2O2. The van der Waals surface area contributed by atoms with E-state index >= 15 is 0 Å². The molecule has 20 heavy (non-hydrogen) atoms. The third kappa shape index (κ3) is 4.74. The van der Waals surface area contributed by atoms with Crippen LogP contribution in [0.15, 0.2) is 0 Å². The maximum absolute atomic E-state index is 11.4. The van der Waals surface area contributed by atoms with Gasteiger partial charge in [0.2, 0.25) is 0 Å². The molecule has 0 aromatic heterocycles. The van der Waals surface area contributed by atoms with Gasteiger partial charge in [0, 0.05) is 25.2 Å².